The lowest BCUT2D eigenvalue weighted by Crippen LogP contribution is -2.38. The molecule has 0 bridgehead atoms. The van der Waals surface area contributed by atoms with Gasteiger partial charge in [-0.25, -0.2) is 8.42 Å². The Morgan fingerprint density at radius 2 is 1.83 bits per heavy atom. The molecule has 124 valence electrons. The van der Waals surface area contributed by atoms with Crippen molar-refractivity contribution in [2.45, 2.75) is 17.7 Å². The molecule has 0 saturated heterocycles. The van der Waals surface area contributed by atoms with Gasteiger partial charge >= 0.3 is 0 Å². The van der Waals surface area contributed by atoms with Crippen molar-refractivity contribution in [3.63, 3.8) is 0 Å². The van der Waals surface area contributed by atoms with Crippen LogP contribution in [0.3, 0.4) is 0 Å². The third kappa shape index (κ3) is 4.19. The van der Waals surface area contributed by atoms with Crippen molar-refractivity contribution >= 4 is 27.3 Å². The molecule has 1 amide bonds. The Hall–Kier alpha value is -1.70. The maximum absolute atomic E-state index is 12.3. The van der Waals surface area contributed by atoms with Crippen molar-refractivity contribution in [2.75, 3.05) is 20.6 Å². The number of benzene rings is 1. The van der Waals surface area contributed by atoms with Gasteiger partial charge in [0.15, 0.2) is 0 Å². The molecule has 0 atom stereocenters. The van der Waals surface area contributed by atoms with E-state index in [0.717, 1.165) is 26.8 Å². The van der Waals surface area contributed by atoms with Crippen molar-refractivity contribution in [2.24, 2.45) is 0 Å². The van der Waals surface area contributed by atoms with Crippen LogP contribution in [0, 0.1) is 6.92 Å². The molecule has 0 N–H and O–H groups in total. The molecule has 0 aliphatic carbocycles. The van der Waals surface area contributed by atoms with Gasteiger partial charge in [-0.1, -0.05) is 30.3 Å². The van der Waals surface area contributed by atoms with Crippen LogP contribution in [0.5, 0.6) is 0 Å². The summed E-state index contributed by atoms with van der Waals surface area (Å²) in [6.45, 7) is 2.27. The zero-order valence-electron chi connectivity index (χ0n) is 13.4. The largest absolute Gasteiger partial charge is 0.340 e. The van der Waals surface area contributed by atoms with E-state index in [0.29, 0.717) is 6.54 Å². The van der Waals surface area contributed by atoms with Crippen molar-refractivity contribution in [3.8, 4) is 0 Å². The monoisotopic (exact) mass is 352 g/mol. The van der Waals surface area contributed by atoms with Crippen LogP contribution >= 0.6 is 11.3 Å². The molecule has 2 rings (SSSR count). The quantitative estimate of drug-likeness (QED) is 0.802. The Labute approximate surface area is 141 Å². The van der Waals surface area contributed by atoms with Crippen molar-refractivity contribution < 1.29 is 13.2 Å². The molecular formula is C16H20N2O3S2. The van der Waals surface area contributed by atoms with Gasteiger partial charge in [-0.05, 0) is 29.5 Å². The molecular weight excluding hydrogens is 332 g/mol. The number of carbonyl (C=O) groups is 1. The highest BCUT2D eigenvalue weighted by molar-refractivity contribution is 7.91. The highest BCUT2D eigenvalue weighted by Crippen LogP contribution is 2.19. The number of hydrogen-bond acceptors (Lipinski definition) is 4. The van der Waals surface area contributed by atoms with E-state index < -0.39 is 10.0 Å². The highest BCUT2D eigenvalue weighted by atomic mass is 32.2. The second-order valence-corrected chi connectivity index (χ2v) is 8.59. The molecule has 23 heavy (non-hydrogen) atoms. The predicted octanol–water partition coefficient (Wildman–Crippen LogP) is 2.34. The standard InChI is InChI=1S/C16H20N2O3S2/c1-13-7-4-5-8-14(13)11-17(2)15(19)12-18(3)23(20,21)16-9-6-10-22-16/h4-10H,11-12H2,1-3H3. The summed E-state index contributed by atoms with van der Waals surface area (Å²) >= 11 is 1.14. The van der Waals surface area contributed by atoms with Crippen LogP contribution in [0.4, 0.5) is 0 Å². The van der Waals surface area contributed by atoms with Crippen LogP contribution < -0.4 is 0 Å². The van der Waals surface area contributed by atoms with E-state index in [1.165, 1.54) is 13.1 Å². The van der Waals surface area contributed by atoms with Crippen LogP contribution in [-0.2, 0) is 21.4 Å². The Balaban J connectivity index is 2.02. The van der Waals surface area contributed by atoms with Gasteiger partial charge in [0.05, 0.1) is 6.54 Å². The van der Waals surface area contributed by atoms with Gasteiger partial charge < -0.3 is 4.90 Å². The smallest absolute Gasteiger partial charge is 0.252 e. The van der Waals surface area contributed by atoms with Gasteiger partial charge in [0.2, 0.25) is 5.91 Å². The maximum Gasteiger partial charge on any atom is 0.252 e. The fourth-order valence-electron chi connectivity index (χ4n) is 2.09. The van der Waals surface area contributed by atoms with Gasteiger partial charge in [-0.2, -0.15) is 4.31 Å². The van der Waals surface area contributed by atoms with E-state index in [-0.39, 0.29) is 16.7 Å². The summed E-state index contributed by atoms with van der Waals surface area (Å²) < 4.78 is 26.0. The molecule has 0 aliphatic rings. The number of aryl methyl sites for hydroxylation is 1. The molecule has 0 fully saturated rings. The number of nitrogens with zero attached hydrogens (tertiary/aromatic N) is 2. The maximum atomic E-state index is 12.3. The molecule has 0 radical (unpaired) electrons. The zero-order valence-corrected chi connectivity index (χ0v) is 15.0. The van der Waals surface area contributed by atoms with Gasteiger partial charge in [-0.3, -0.25) is 4.79 Å². The van der Waals surface area contributed by atoms with Crippen LogP contribution in [0.1, 0.15) is 11.1 Å². The minimum absolute atomic E-state index is 0.178. The fourth-order valence-corrected chi connectivity index (χ4v) is 4.41. The first-order chi connectivity index (χ1) is 10.8. The Bertz CT molecular complexity index is 770. The number of sulfonamides is 1. The lowest BCUT2D eigenvalue weighted by molar-refractivity contribution is -0.130. The normalized spacial score (nSPS) is 11.7. The average Bonchev–Trinajstić information content (AvgIpc) is 3.04. The summed E-state index contributed by atoms with van der Waals surface area (Å²) in [6.07, 6.45) is 0. The number of thiophene rings is 1. The lowest BCUT2D eigenvalue weighted by atomic mass is 10.1. The molecule has 5 nitrogen and oxygen atoms in total. The second-order valence-electron chi connectivity index (χ2n) is 5.37. The van der Waals surface area contributed by atoms with Crippen molar-refractivity contribution in [1.82, 2.24) is 9.21 Å². The SMILES string of the molecule is Cc1ccccc1CN(C)C(=O)CN(C)S(=O)(=O)c1cccs1. The number of likely N-dealkylation sites (N-methyl/N-ethyl adjacent to an activating group) is 2. The first-order valence-corrected chi connectivity index (χ1v) is 9.42. The van der Waals surface area contributed by atoms with Crippen molar-refractivity contribution in [1.29, 1.82) is 0 Å². The lowest BCUT2D eigenvalue weighted by Gasteiger charge is -2.22. The van der Waals surface area contributed by atoms with Crippen LogP contribution in [-0.4, -0.2) is 44.2 Å². The second kappa shape index (κ2) is 7.25. The molecule has 0 unspecified atom stereocenters. The zero-order chi connectivity index (χ0) is 17.0. The molecule has 0 aliphatic heterocycles. The summed E-state index contributed by atoms with van der Waals surface area (Å²) in [5, 5.41) is 1.70. The summed E-state index contributed by atoms with van der Waals surface area (Å²) in [5.74, 6) is -0.240. The average molecular weight is 352 g/mol. The van der Waals surface area contributed by atoms with Crippen LogP contribution in [0.2, 0.25) is 0 Å². The van der Waals surface area contributed by atoms with E-state index >= 15 is 0 Å². The highest BCUT2D eigenvalue weighted by Gasteiger charge is 2.25. The first-order valence-electron chi connectivity index (χ1n) is 7.10. The number of hydrogen-bond donors (Lipinski definition) is 0. The molecule has 0 saturated carbocycles. The van der Waals surface area contributed by atoms with Gasteiger partial charge in [-0.15, -0.1) is 11.3 Å². The van der Waals surface area contributed by atoms with Crippen molar-refractivity contribution in [3.05, 3.63) is 52.9 Å². The number of carbonyl (C=O) groups excluding carboxylic acids is 1. The molecule has 2 aromatic rings. The van der Waals surface area contributed by atoms with E-state index in [4.69, 9.17) is 0 Å². The van der Waals surface area contributed by atoms with E-state index in [2.05, 4.69) is 0 Å². The third-order valence-corrected chi connectivity index (χ3v) is 6.79. The summed E-state index contributed by atoms with van der Waals surface area (Å²) in [4.78, 5) is 13.9. The van der Waals surface area contributed by atoms with Gasteiger partial charge in [0, 0.05) is 20.6 Å². The first kappa shape index (κ1) is 17.7. The number of rotatable bonds is 6. The Morgan fingerprint density at radius 1 is 1.13 bits per heavy atom. The Kier molecular flexibility index (Phi) is 5.56. The molecule has 1 aromatic heterocycles. The van der Waals surface area contributed by atoms with E-state index in [9.17, 15) is 13.2 Å². The minimum atomic E-state index is -3.60. The number of amides is 1. The third-order valence-electron chi connectivity index (χ3n) is 3.61. The molecule has 7 heteroatoms. The van der Waals surface area contributed by atoms with Crippen LogP contribution in [0.15, 0.2) is 46.0 Å². The summed E-state index contributed by atoms with van der Waals surface area (Å²) in [6, 6.07) is 11.0. The van der Waals surface area contributed by atoms with E-state index in [1.807, 2.05) is 31.2 Å². The molecule has 1 aromatic carbocycles. The molecule has 0 spiro atoms. The fraction of sp³-hybridized carbons (Fsp3) is 0.312. The summed E-state index contributed by atoms with van der Waals surface area (Å²) in [7, 11) is -0.495. The minimum Gasteiger partial charge on any atom is -0.340 e. The van der Waals surface area contributed by atoms with E-state index in [1.54, 1.807) is 23.4 Å². The van der Waals surface area contributed by atoms with Crippen LogP contribution in [0.25, 0.3) is 0 Å². The topological polar surface area (TPSA) is 57.7 Å². The summed E-state index contributed by atoms with van der Waals surface area (Å²) in [5.41, 5.74) is 2.15. The van der Waals surface area contributed by atoms with Gasteiger partial charge in [0.1, 0.15) is 4.21 Å². The Morgan fingerprint density at radius 3 is 2.43 bits per heavy atom. The molecule has 1 heterocycles. The van der Waals surface area contributed by atoms with Gasteiger partial charge in [0.25, 0.3) is 10.0 Å². The predicted molar refractivity (Wildman–Crippen MR) is 91.8 cm³/mol.